The molecule has 102 valence electrons. The van der Waals surface area contributed by atoms with Gasteiger partial charge in [0.1, 0.15) is 6.54 Å². The minimum absolute atomic E-state index is 0.0389. The van der Waals surface area contributed by atoms with Gasteiger partial charge in [0.2, 0.25) is 0 Å². The summed E-state index contributed by atoms with van der Waals surface area (Å²) < 4.78 is 0. The van der Waals surface area contributed by atoms with Crippen LogP contribution in [0.25, 0.3) is 0 Å². The Labute approximate surface area is 108 Å². The maximum Gasteiger partial charge on any atom is 0.323 e. The van der Waals surface area contributed by atoms with Gasteiger partial charge in [-0.25, -0.2) is 0 Å². The fourth-order valence-electron chi connectivity index (χ4n) is 1.50. The van der Waals surface area contributed by atoms with E-state index in [-0.39, 0.29) is 18.7 Å². The topological polar surface area (TPSA) is 121 Å². The van der Waals surface area contributed by atoms with Gasteiger partial charge in [0.15, 0.2) is 0 Å². The first-order valence-electron chi connectivity index (χ1n) is 5.33. The van der Waals surface area contributed by atoms with Gasteiger partial charge in [0, 0.05) is 24.4 Å². The van der Waals surface area contributed by atoms with Crippen molar-refractivity contribution in [3.63, 3.8) is 0 Å². The number of nitro groups is 1. The zero-order valence-electron chi connectivity index (χ0n) is 9.85. The van der Waals surface area contributed by atoms with Gasteiger partial charge >= 0.3 is 11.9 Å². The van der Waals surface area contributed by atoms with Crippen LogP contribution >= 0.6 is 0 Å². The molecular weight excluding hydrogens is 256 g/mol. The Bertz CT molecular complexity index is 502. The Hall–Kier alpha value is -2.64. The number of carboxylic acids is 2. The standard InChI is InChI=1S/C11H12N2O6/c14-10(15)4-5-12(7-11(16)17)8-2-1-3-9(6-8)13(18)19/h1-3,6H,4-5,7H2,(H,14,15)(H,16,17). The molecule has 0 aliphatic heterocycles. The molecule has 0 fully saturated rings. The number of rotatable bonds is 7. The predicted octanol–water partition coefficient (Wildman–Crippen LogP) is 0.960. The Morgan fingerprint density at radius 3 is 2.47 bits per heavy atom. The lowest BCUT2D eigenvalue weighted by atomic mass is 10.2. The summed E-state index contributed by atoms with van der Waals surface area (Å²) in [5.41, 5.74) is 0.126. The lowest BCUT2D eigenvalue weighted by Crippen LogP contribution is -2.31. The van der Waals surface area contributed by atoms with E-state index < -0.39 is 23.4 Å². The van der Waals surface area contributed by atoms with E-state index >= 15 is 0 Å². The number of aliphatic carboxylic acids is 2. The van der Waals surface area contributed by atoms with Gasteiger partial charge in [0.05, 0.1) is 11.3 Å². The highest BCUT2D eigenvalue weighted by atomic mass is 16.6. The SMILES string of the molecule is O=C(O)CCN(CC(=O)O)c1cccc([N+](=O)[O-])c1. The lowest BCUT2D eigenvalue weighted by Gasteiger charge is -2.21. The van der Waals surface area contributed by atoms with E-state index in [9.17, 15) is 19.7 Å². The second-order valence-corrected chi connectivity index (χ2v) is 3.74. The summed E-state index contributed by atoms with van der Waals surface area (Å²) >= 11 is 0. The molecule has 1 aromatic rings. The van der Waals surface area contributed by atoms with Crippen LogP contribution < -0.4 is 4.90 Å². The zero-order chi connectivity index (χ0) is 14.4. The second-order valence-electron chi connectivity index (χ2n) is 3.74. The van der Waals surface area contributed by atoms with Gasteiger partial charge in [-0.3, -0.25) is 19.7 Å². The number of hydrogen-bond donors (Lipinski definition) is 2. The smallest absolute Gasteiger partial charge is 0.323 e. The molecule has 1 aromatic carbocycles. The molecule has 0 aromatic heterocycles. The first-order valence-corrected chi connectivity index (χ1v) is 5.33. The predicted molar refractivity (Wildman–Crippen MR) is 65.2 cm³/mol. The summed E-state index contributed by atoms with van der Waals surface area (Å²) in [5, 5.41) is 28.0. The van der Waals surface area contributed by atoms with Crippen LogP contribution in [0, 0.1) is 10.1 Å². The summed E-state index contributed by atoms with van der Waals surface area (Å²) in [6.45, 7) is -0.461. The van der Waals surface area contributed by atoms with Gasteiger partial charge < -0.3 is 15.1 Å². The third kappa shape index (κ3) is 4.62. The molecule has 8 heteroatoms. The molecule has 0 amide bonds. The van der Waals surface area contributed by atoms with Crippen molar-refractivity contribution in [3.05, 3.63) is 34.4 Å². The van der Waals surface area contributed by atoms with E-state index in [1.807, 2.05) is 0 Å². The molecular formula is C11H12N2O6. The van der Waals surface area contributed by atoms with Gasteiger partial charge in [-0.05, 0) is 6.07 Å². The third-order valence-electron chi connectivity index (χ3n) is 2.33. The number of carboxylic acid groups (broad SMARTS) is 2. The fourth-order valence-corrected chi connectivity index (χ4v) is 1.50. The fraction of sp³-hybridized carbons (Fsp3) is 0.273. The van der Waals surface area contributed by atoms with E-state index in [1.165, 1.54) is 29.2 Å². The van der Waals surface area contributed by atoms with Crippen molar-refractivity contribution in [1.82, 2.24) is 0 Å². The van der Waals surface area contributed by atoms with Crippen LogP contribution in [0.5, 0.6) is 0 Å². The number of hydrogen-bond acceptors (Lipinski definition) is 5. The third-order valence-corrected chi connectivity index (χ3v) is 2.33. The van der Waals surface area contributed by atoms with Crippen molar-refractivity contribution in [1.29, 1.82) is 0 Å². The highest BCUT2D eigenvalue weighted by molar-refractivity contribution is 5.75. The Morgan fingerprint density at radius 2 is 1.95 bits per heavy atom. The summed E-state index contributed by atoms with van der Waals surface area (Å²) in [6.07, 6.45) is -0.254. The molecule has 0 aliphatic carbocycles. The molecule has 1 rings (SSSR count). The number of benzene rings is 1. The largest absolute Gasteiger partial charge is 0.481 e. The van der Waals surface area contributed by atoms with E-state index in [1.54, 1.807) is 0 Å². The van der Waals surface area contributed by atoms with Crippen molar-refractivity contribution in [2.24, 2.45) is 0 Å². The van der Waals surface area contributed by atoms with Crippen LogP contribution in [-0.2, 0) is 9.59 Å². The van der Waals surface area contributed by atoms with E-state index in [2.05, 4.69) is 0 Å². The number of anilines is 1. The normalized spacial score (nSPS) is 9.89. The van der Waals surface area contributed by atoms with E-state index in [4.69, 9.17) is 10.2 Å². The van der Waals surface area contributed by atoms with Gasteiger partial charge in [0.25, 0.3) is 5.69 Å². The average Bonchev–Trinajstić information content (AvgIpc) is 2.34. The summed E-state index contributed by atoms with van der Waals surface area (Å²) in [7, 11) is 0. The molecule has 8 nitrogen and oxygen atoms in total. The van der Waals surface area contributed by atoms with Crippen molar-refractivity contribution in [2.75, 3.05) is 18.0 Å². The molecule has 0 aliphatic rings. The monoisotopic (exact) mass is 268 g/mol. The minimum atomic E-state index is -1.14. The summed E-state index contributed by atoms with van der Waals surface area (Å²) in [6, 6.07) is 5.41. The van der Waals surface area contributed by atoms with Crippen LogP contribution in [0.4, 0.5) is 11.4 Å². The first kappa shape index (κ1) is 14.4. The Morgan fingerprint density at radius 1 is 1.26 bits per heavy atom. The molecule has 19 heavy (non-hydrogen) atoms. The van der Waals surface area contributed by atoms with Crippen LogP contribution in [-0.4, -0.2) is 40.2 Å². The lowest BCUT2D eigenvalue weighted by molar-refractivity contribution is -0.384. The molecule has 0 radical (unpaired) electrons. The number of nitro benzene ring substituents is 1. The molecule has 0 saturated heterocycles. The van der Waals surface area contributed by atoms with Crippen molar-refractivity contribution < 1.29 is 24.7 Å². The Balaban J connectivity index is 2.95. The quantitative estimate of drug-likeness (QED) is 0.558. The summed E-state index contributed by atoms with van der Waals surface area (Å²) in [5.74, 6) is -2.21. The minimum Gasteiger partial charge on any atom is -0.481 e. The van der Waals surface area contributed by atoms with E-state index in [0.717, 1.165) is 0 Å². The zero-order valence-corrected chi connectivity index (χ0v) is 9.85. The van der Waals surface area contributed by atoms with Crippen molar-refractivity contribution in [2.45, 2.75) is 6.42 Å². The highest BCUT2D eigenvalue weighted by Gasteiger charge is 2.15. The highest BCUT2D eigenvalue weighted by Crippen LogP contribution is 2.21. The van der Waals surface area contributed by atoms with Crippen LogP contribution in [0.3, 0.4) is 0 Å². The van der Waals surface area contributed by atoms with Crippen LogP contribution in [0.15, 0.2) is 24.3 Å². The van der Waals surface area contributed by atoms with Crippen LogP contribution in [0.2, 0.25) is 0 Å². The maximum atomic E-state index is 10.7. The first-order chi connectivity index (χ1) is 8.90. The van der Waals surface area contributed by atoms with E-state index in [0.29, 0.717) is 5.69 Å². The average molecular weight is 268 g/mol. The molecule has 2 N–H and O–H groups in total. The van der Waals surface area contributed by atoms with Gasteiger partial charge in [-0.15, -0.1) is 0 Å². The molecule has 0 saturated carbocycles. The molecule has 0 atom stereocenters. The number of nitrogens with zero attached hydrogens (tertiary/aromatic N) is 2. The molecule has 0 spiro atoms. The number of carbonyl (C=O) groups is 2. The van der Waals surface area contributed by atoms with Crippen LogP contribution in [0.1, 0.15) is 6.42 Å². The molecule has 0 heterocycles. The Kier molecular flexibility index (Phi) is 4.81. The molecule has 0 bridgehead atoms. The molecule has 0 unspecified atom stereocenters. The second kappa shape index (κ2) is 6.34. The number of non-ortho nitro benzene ring substituents is 1. The van der Waals surface area contributed by atoms with Gasteiger partial charge in [-0.1, -0.05) is 6.07 Å². The van der Waals surface area contributed by atoms with Crippen molar-refractivity contribution in [3.8, 4) is 0 Å². The summed E-state index contributed by atoms with van der Waals surface area (Å²) in [4.78, 5) is 32.5. The van der Waals surface area contributed by atoms with Gasteiger partial charge in [-0.2, -0.15) is 0 Å². The maximum absolute atomic E-state index is 10.7. The van der Waals surface area contributed by atoms with Crippen molar-refractivity contribution >= 4 is 23.3 Å².